The molecule has 1 aromatic heterocycles. The quantitative estimate of drug-likeness (QED) is 0.653. The summed E-state index contributed by atoms with van der Waals surface area (Å²) in [5.41, 5.74) is 1.80. The average molecular weight is 379 g/mol. The van der Waals surface area contributed by atoms with Crippen LogP contribution in [0.25, 0.3) is 0 Å². The van der Waals surface area contributed by atoms with Gasteiger partial charge in [-0.25, -0.2) is 0 Å². The van der Waals surface area contributed by atoms with E-state index >= 15 is 0 Å². The van der Waals surface area contributed by atoms with E-state index in [-0.39, 0.29) is 5.91 Å². The summed E-state index contributed by atoms with van der Waals surface area (Å²) in [4.78, 5) is 13.8. The van der Waals surface area contributed by atoms with E-state index in [2.05, 4.69) is 16.3 Å². The summed E-state index contributed by atoms with van der Waals surface area (Å²) < 4.78 is 1.70. The fourth-order valence-electron chi connectivity index (χ4n) is 1.93. The van der Waals surface area contributed by atoms with Crippen molar-refractivity contribution in [2.75, 3.05) is 18.8 Å². The normalized spacial score (nSPS) is 10.4. The number of aromatic nitrogens is 2. The zero-order chi connectivity index (χ0) is 17.4. The molecule has 0 aliphatic rings. The van der Waals surface area contributed by atoms with Crippen molar-refractivity contribution in [3.63, 3.8) is 0 Å². The molecule has 0 N–H and O–H groups in total. The second-order valence-electron chi connectivity index (χ2n) is 4.79. The smallest absolute Gasteiger partial charge is 0.233 e. The van der Waals surface area contributed by atoms with Gasteiger partial charge in [-0.1, -0.05) is 47.0 Å². The van der Waals surface area contributed by atoms with Gasteiger partial charge in [-0.3, -0.25) is 4.79 Å². The molecule has 0 aliphatic heterocycles. The lowest BCUT2D eigenvalue weighted by Crippen LogP contribution is -2.31. The van der Waals surface area contributed by atoms with Gasteiger partial charge in [-0.2, -0.15) is 5.26 Å². The van der Waals surface area contributed by atoms with Gasteiger partial charge < -0.3 is 4.90 Å². The molecule has 0 saturated heterocycles. The molecule has 1 amide bonds. The van der Waals surface area contributed by atoms with Crippen molar-refractivity contribution in [3.05, 3.63) is 35.4 Å². The first kappa shape index (κ1) is 18.8. The molecule has 0 bridgehead atoms. The van der Waals surface area contributed by atoms with Crippen LogP contribution < -0.4 is 0 Å². The Balaban J connectivity index is 1.82. The molecule has 0 atom stereocenters. The van der Waals surface area contributed by atoms with Crippen LogP contribution in [0.1, 0.15) is 25.0 Å². The molecule has 0 radical (unpaired) electrons. The Morgan fingerprint density at radius 2 is 1.79 bits per heavy atom. The molecule has 2 aromatic rings. The standard InChI is InChI=1S/C16H18N4OS3/c1-3-20(4-2)14(21)11-23-16-19-18-15(24-16)22-10-13-7-5-12(9-17)6-8-13/h5-8H,3-4,10-11H2,1-2H3. The maximum atomic E-state index is 12.0. The number of benzene rings is 1. The Hall–Kier alpha value is -1.56. The minimum atomic E-state index is 0.131. The van der Waals surface area contributed by atoms with Crippen LogP contribution in [0, 0.1) is 11.3 Å². The number of amides is 1. The predicted molar refractivity (Wildman–Crippen MR) is 99.3 cm³/mol. The highest BCUT2D eigenvalue weighted by Gasteiger charge is 2.12. The lowest BCUT2D eigenvalue weighted by molar-refractivity contribution is -0.127. The number of carbonyl (C=O) groups excluding carboxylic acids is 1. The van der Waals surface area contributed by atoms with Gasteiger partial charge in [0.2, 0.25) is 5.91 Å². The predicted octanol–water partition coefficient (Wildman–Crippen LogP) is 3.66. The minimum Gasteiger partial charge on any atom is -0.343 e. The largest absolute Gasteiger partial charge is 0.343 e. The van der Waals surface area contributed by atoms with Crippen molar-refractivity contribution in [1.29, 1.82) is 5.26 Å². The van der Waals surface area contributed by atoms with E-state index in [0.29, 0.717) is 11.3 Å². The van der Waals surface area contributed by atoms with Crippen LogP contribution in [0.3, 0.4) is 0 Å². The van der Waals surface area contributed by atoms with Gasteiger partial charge >= 0.3 is 0 Å². The molecule has 0 fully saturated rings. The Bertz CT molecular complexity index is 705. The Labute approximate surface area is 154 Å². The third kappa shape index (κ3) is 5.51. The van der Waals surface area contributed by atoms with Crippen LogP contribution in [0.2, 0.25) is 0 Å². The third-order valence-electron chi connectivity index (χ3n) is 3.27. The zero-order valence-corrected chi connectivity index (χ0v) is 16.0. The van der Waals surface area contributed by atoms with Gasteiger partial charge in [0.1, 0.15) is 0 Å². The molecule has 0 aliphatic carbocycles. The number of carbonyl (C=O) groups is 1. The van der Waals surface area contributed by atoms with Gasteiger partial charge in [-0.15, -0.1) is 10.2 Å². The van der Waals surface area contributed by atoms with Gasteiger partial charge in [0.25, 0.3) is 0 Å². The molecule has 8 heteroatoms. The van der Waals surface area contributed by atoms with Gasteiger partial charge in [0, 0.05) is 18.8 Å². The van der Waals surface area contributed by atoms with E-state index in [9.17, 15) is 4.79 Å². The molecule has 126 valence electrons. The van der Waals surface area contributed by atoms with Crippen LogP contribution in [-0.2, 0) is 10.5 Å². The molecular weight excluding hydrogens is 360 g/mol. The summed E-state index contributed by atoms with van der Waals surface area (Å²) in [5, 5.41) is 17.1. The molecular formula is C16H18N4OS3. The van der Waals surface area contributed by atoms with E-state index < -0.39 is 0 Å². The van der Waals surface area contributed by atoms with Crippen molar-refractivity contribution in [2.45, 2.75) is 28.3 Å². The van der Waals surface area contributed by atoms with E-state index in [1.54, 1.807) is 11.8 Å². The average Bonchev–Trinajstić information content (AvgIpc) is 3.07. The van der Waals surface area contributed by atoms with E-state index in [1.807, 2.05) is 43.0 Å². The second-order valence-corrected chi connectivity index (χ2v) is 8.21. The summed E-state index contributed by atoms with van der Waals surface area (Å²) in [6.07, 6.45) is 0. The van der Waals surface area contributed by atoms with Crippen LogP contribution in [-0.4, -0.2) is 39.8 Å². The van der Waals surface area contributed by atoms with Crippen LogP contribution >= 0.6 is 34.9 Å². The number of nitriles is 1. The topological polar surface area (TPSA) is 69.9 Å². The molecule has 24 heavy (non-hydrogen) atoms. The first-order valence-corrected chi connectivity index (χ1v) is 10.3. The number of rotatable bonds is 8. The molecule has 2 rings (SSSR count). The van der Waals surface area contributed by atoms with Crippen LogP contribution in [0.5, 0.6) is 0 Å². The fourth-order valence-corrected chi connectivity index (χ4v) is 4.80. The van der Waals surface area contributed by atoms with Crippen LogP contribution in [0.15, 0.2) is 32.9 Å². The summed E-state index contributed by atoms with van der Waals surface area (Å²) in [6, 6.07) is 9.64. The highest BCUT2D eigenvalue weighted by Crippen LogP contribution is 2.30. The van der Waals surface area contributed by atoms with E-state index in [4.69, 9.17) is 5.26 Å². The van der Waals surface area contributed by atoms with Crippen molar-refractivity contribution >= 4 is 40.8 Å². The number of nitrogens with zero attached hydrogens (tertiary/aromatic N) is 4. The fraction of sp³-hybridized carbons (Fsp3) is 0.375. The number of thioether (sulfide) groups is 2. The monoisotopic (exact) mass is 378 g/mol. The Morgan fingerprint density at radius 1 is 1.17 bits per heavy atom. The highest BCUT2D eigenvalue weighted by atomic mass is 32.2. The SMILES string of the molecule is CCN(CC)C(=O)CSc1nnc(SCc2ccc(C#N)cc2)s1. The van der Waals surface area contributed by atoms with E-state index in [0.717, 1.165) is 33.1 Å². The Morgan fingerprint density at radius 3 is 2.38 bits per heavy atom. The van der Waals surface area contributed by atoms with Gasteiger partial charge in [0.05, 0.1) is 17.4 Å². The van der Waals surface area contributed by atoms with Crippen molar-refractivity contribution < 1.29 is 4.79 Å². The maximum absolute atomic E-state index is 12.0. The lowest BCUT2D eigenvalue weighted by atomic mass is 10.2. The van der Waals surface area contributed by atoms with E-state index in [1.165, 1.54) is 23.1 Å². The number of hydrogen-bond donors (Lipinski definition) is 0. The van der Waals surface area contributed by atoms with Crippen molar-refractivity contribution in [2.24, 2.45) is 0 Å². The third-order valence-corrected chi connectivity index (χ3v) is 6.51. The highest BCUT2D eigenvalue weighted by molar-refractivity contribution is 8.03. The minimum absolute atomic E-state index is 0.131. The zero-order valence-electron chi connectivity index (χ0n) is 13.6. The first-order chi connectivity index (χ1) is 11.7. The van der Waals surface area contributed by atoms with Crippen molar-refractivity contribution in [1.82, 2.24) is 15.1 Å². The van der Waals surface area contributed by atoms with Gasteiger partial charge in [0.15, 0.2) is 8.68 Å². The number of hydrogen-bond acceptors (Lipinski definition) is 7. The summed E-state index contributed by atoms with van der Waals surface area (Å²) >= 11 is 4.56. The van der Waals surface area contributed by atoms with Gasteiger partial charge in [-0.05, 0) is 31.5 Å². The molecule has 0 saturated carbocycles. The molecule has 0 unspecified atom stereocenters. The lowest BCUT2D eigenvalue weighted by Gasteiger charge is -2.17. The second kappa shape index (κ2) is 9.67. The summed E-state index contributed by atoms with van der Waals surface area (Å²) in [7, 11) is 0. The molecule has 0 spiro atoms. The molecule has 1 aromatic carbocycles. The molecule has 1 heterocycles. The molecule has 5 nitrogen and oxygen atoms in total. The van der Waals surface area contributed by atoms with Crippen LogP contribution in [0.4, 0.5) is 0 Å². The van der Waals surface area contributed by atoms with Crippen molar-refractivity contribution in [3.8, 4) is 6.07 Å². The summed E-state index contributed by atoms with van der Waals surface area (Å²) in [5.74, 6) is 1.31. The maximum Gasteiger partial charge on any atom is 0.233 e. The first-order valence-electron chi connectivity index (χ1n) is 7.52. The Kier molecular flexibility index (Phi) is 7.56. The summed E-state index contributed by atoms with van der Waals surface area (Å²) in [6.45, 7) is 5.43.